The molecule has 0 radical (unpaired) electrons. The molecule has 0 amide bonds. The summed E-state index contributed by atoms with van der Waals surface area (Å²) < 4.78 is 9.73. The van der Waals surface area contributed by atoms with Crippen LogP contribution in [-0.4, -0.2) is 16.2 Å². The number of furan rings is 1. The molecule has 6 heteroatoms. The van der Waals surface area contributed by atoms with Gasteiger partial charge in [0.1, 0.15) is 5.56 Å². The summed E-state index contributed by atoms with van der Waals surface area (Å²) in [6.07, 6.45) is 1.11. The lowest BCUT2D eigenvalue weighted by Crippen LogP contribution is -1.95. The Hall–Kier alpha value is -1.75. The van der Waals surface area contributed by atoms with Crippen LogP contribution in [0.25, 0.3) is 11.5 Å². The molecule has 0 aliphatic heterocycles. The van der Waals surface area contributed by atoms with Gasteiger partial charge in [-0.1, -0.05) is 5.16 Å². The molecule has 2 aromatic heterocycles. The van der Waals surface area contributed by atoms with E-state index in [1.54, 1.807) is 0 Å². The summed E-state index contributed by atoms with van der Waals surface area (Å²) in [5, 5.41) is 12.3. The van der Waals surface area contributed by atoms with Crippen LogP contribution in [0.2, 0.25) is 5.22 Å². The van der Waals surface area contributed by atoms with Crippen LogP contribution in [-0.2, 0) is 0 Å². The Morgan fingerprint density at radius 3 is 2.86 bits per heavy atom. The van der Waals surface area contributed by atoms with Crippen LogP contribution in [0.4, 0.5) is 0 Å². The molecular formula is C8H4ClNO4. The Kier molecular flexibility index (Phi) is 2.01. The number of nitrogens with zero attached hydrogens (tertiary/aromatic N) is 1. The van der Waals surface area contributed by atoms with Crippen molar-refractivity contribution in [3.63, 3.8) is 0 Å². The molecule has 0 aliphatic rings. The molecule has 2 rings (SSSR count). The number of hydrogen-bond donors (Lipinski definition) is 1. The third-order valence-electron chi connectivity index (χ3n) is 1.60. The lowest BCUT2D eigenvalue weighted by Gasteiger charge is -1.90. The summed E-state index contributed by atoms with van der Waals surface area (Å²) in [5.41, 5.74) is -0.0592. The predicted molar refractivity (Wildman–Crippen MR) is 46.2 cm³/mol. The smallest absolute Gasteiger partial charge is 0.341 e. The zero-order valence-electron chi connectivity index (χ0n) is 6.73. The van der Waals surface area contributed by atoms with Crippen molar-refractivity contribution in [1.82, 2.24) is 5.16 Å². The molecule has 0 atom stereocenters. The highest BCUT2D eigenvalue weighted by Crippen LogP contribution is 2.27. The fourth-order valence-corrected chi connectivity index (χ4v) is 1.15. The molecule has 0 saturated heterocycles. The monoisotopic (exact) mass is 213 g/mol. The largest absolute Gasteiger partial charge is 0.477 e. The van der Waals surface area contributed by atoms with Gasteiger partial charge in [-0.15, -0.1) is 0 Å². The van der Waals surface area contributed by atoms with Gasteiger partial charge in [0.2, 0.25) is 5.76 Å². The second-order valence-corrected chi connectivity index (χ2v) is 2.85. The Labute approximate surface area is 82.9 Å². The molecule has 2 heterocycles. The normalized spacial score (nSPS) is 10.4. The molecule has 14 heavy (non-hydrogen) atoms. The number of halogens is 1. The maximum Gasteiger partial charge on any atom is 0.341 e. The second-order valence-electron chi connectivity index (χ2n) is 2.48. The molecular weight excluding hydrogens is 210 g/mol. The van der Waals surface area contributed by atoms with Gasteiger partial charge in [-0.05, 0) is 23.7 Å². The van der Waals surface area contributed by atoms with Crippen molar-refractivity contribution in [2.45, 2.75) is 0 Å². The van der Waals surface area contributed by atoms with Crippen molar-refractivity contribution in [3.05, 3.63) is 29.1 Å². The maximum atomic E-state index is 10.7. The SMILES string of the molecule is O=C(O)c1cnoc1-c1ccc(Cl)o1. The van der Waals surface area contributed by atoms with E-state index < -0.39 is 5.97 Å². The third-order valence-corrected chi connectivity index (χ3v) is 1.80. The van der Waals surface area contributed by atoms with Gasteiger partial charge in [-0.3, -0.25) is 0 Å². The molecule has 0 spiro atoms. The van der Waals surface area contributed by atoms with Crippen LogP contribution >= 0.6 is 11.6 Å². The minimum absolute atomic E-state index is 0.0592. The summed E-state index contributed by atoms with van der Waals surface area (Å²) in [4.78, 5) is 10.7. The van der Waals surface area contributed by atoms with E-state index >= 15 is 0 Å². The molecule has 0 bridgehead atoms. The first kappa shape index (κ1) is 8.83. The van der Waals surface area contributed by atoms with Gasteiger partial charge in [0.15, 0.2) is 11.0 Å². The van der Waals surface area contributed by atoms with E-state index in [0.29, 0.717) is 0 Å². The highest BCUT2D eigenvalue weighted by Gasteiger charge is 2.19. The van der Waals surface area contributed by atoms with E-state index in [0.717, 1.165) is 6.20 Å². The number of carbonyl (C=O) groups is 1. The van der Waals surface area contributed by atoms with Gasteiger partial charge in [0.05, 0.1) is 6.20 Å². The van der Waals surface area contributed by atoms with Gasteiger partial charge in [-0.25, -0.2) is 4.79 Å². The number of rotatable bonds is 2. The topological polar surface area (TPSA) is 76.5 Å². The number of aromatic nitrogens is 1. The standard InChI is InChI=1S/C8H4ClNO4/c9-6-2-1-5(13-6)7-4(8(11)12)3-10-14-7/h1-3H,(H,11,12). The molecule has 1 N–H and O–H groups in total. The van der Waals surface area contributed by atoms with E-state index in [1.807, 2.05) is 0 Å². The molecule has 0 aliphatic carbocycles. The fraction of sp³-hybridized carbons (Fsp3) is 0. The van der Waals surface area contributed by atoms with Crippen molar-refractivity contribution in [1.29, 1.82) is 0 Å². The molecule has 0 fully saturated rings. The molecule has 0 aromatic carbocycles. The average molecular weight is 214 g/mol. The van der Waals surface area contributed by atoms with E-state index in [1.165, 1.54) is 12.1 Å². The first-order valence-corrected chi connectivity index (χ1v) is 4.00. The van der Waals surface area contributed by atoms with Crippen molar-refractivity contribution in [2.75, 3.05) is 0 Å². The zero-order chi connectivity index (χ0) is 10.1. The van der Waals surface area contributed by atoms with Gasteiger partial charge in [0, 0.05) is 0 Å². The first-order valence-electron chi connectivity index (χ1n) is 3.62. The van der Waals surface area contributed by atoms with Crippen molar-refractivity contribution in [2.24, 2.45) is 0 Å². The molecule has 72 valence electrons. The van der Waals surface area contributed by atoms with Gasteiger partial charge >= 0.3 is 5.97 Å². The summed E-state index contributed by atoms with van der Waals surface area (Å²) in [6.45, 7) is 0. The zero-order valence-corrected chi connectivity index (χ0v) is 7.49. The lowest BCUT2D eigenvalue weighted by molar-refractivity contribution is 0.0697. The van der Waals surface area contributed by atoms with E-state index in [2.05, 4.69) is 5.16 Å². The van der Waals surface area contributed by atoms with Crippen LogP contribution < -0.4 is 0 Å². The summed E-state index contributed by atoms with van der Waals surface area (Å²) >= 11 is 5.53. The van der Waals surface area contributed by atoms with Crippen molar-refractivity contribution >= 4 is 17.6 Å². The van der Waals surface area contributed by atoms with E-state index in [9.17, 15) is 4.79 Å². The number of aromatic carboxylic acids is 1. The minimum Gasteiger partial charge on any atom is -0.477 e. The first-order chi connectivity index (χ1) is 6.68. The number of carboxylic acids is 1. The molecule has 0 saturated carbocycles. The minimum atomic E-state index is -1.13. The summed E-state index contributed by atoms with van der Waals surface area (Å²) in [5.74, 6) is -0.830. The molecule has 5 nitrogen and oxygen atoms in total. The molecule has 0 unspecified atom stereocenters. The van der Waals surface area contributed by atoms with Gasteiger partial charge < -0.3 is 14.0 Å². The lowest BCUT2D eigenvalue weighted by atomic mass is 10.2. The van der Waals surface area contributed by atoms with Crippen molar-refractivity contribution < 1.29 is 18.8 Å². The quantitative estimate of drug-likeness (QED) is 0.828. The summed E-state index contributed by atoms with van der Waals surface area (Å²) in [7, 11) is 0. The van der Waals surface area contributed by atoms with Crippen LogP contribution in [0, 0.1) is 0 Å². The van der Waals surface area contributed by atoms with Gasteiger partial charge in [-0.2, -0.15) is 0 Å². The Bertz CT molecular complexity index is 473. The van der Waals surface area contributed by atoms with Crippen LogP contribution in [0.15, 0.2) is 27.3 Å². The Morgan fingerprint density at radius 1 is 1.50 bits per heavy atom. The van der Waals surface area contributed by atoms with Crippen LogP contribution in [0.3, 0.4) is 0 Å². The van der Waals surface area contributed by atoms with E-state index in [-0.39, 0.29) is 22.3 Å². The fourth-order valence-electron chi connectivity index (χ4n) is 1.01. The van der Waals surface area contributed by atoms with Crippen LogP contribution in [0.5, 0.6) is 0 Å². The third kappa shape index (κ3) is 1.38. The highest BCUT2D eigenvalue weighted by atomic mass is 35.5. The van der Waals surface area contributed by atoms with Gasteiger partial charge in [0.25, 0.3) is 0 Å². The molecule has 2 aromatic rings. The van der Waals surface area contributed by atoms with Crippen molar-refractivity contribution in [3.8, 4) is 11.5 Å². The second kappa shape index (κ2) is 3.19. The Balaban J connectivity index is 2.51. The number of hydrogen-bond acceptors (Lipinski definition) is 4. The predicted octanol–water partition coefficient (Wildman–Crippen LogP) is 2.29. The maximum absolute atomic E-state index is 10.7. The summed E-state index contributed by atoms with van der Waals surface area (Å²) in [6, 6.07) is 3.00. The van der Waals surface area contributed by atoms with Crippen LogP contribution in [0.1, 0.15) is 10.4 Å². The Morgan fingerprint density at radius 2 is 2.29 bits per heavy atom. The van der Waals surface area contributed by atoms with E-state index in [4.69, 9.17) is 25.6 Å². The average Bonchev–Trinajstić information content (AvgIpc) is 2.70. The highest BCUT2D eigenvalue weighted by molar-refractivity contribution is 6.29. The number of carboxylic acid groups (broad SMARTS) is 1.